The van der Waals surface area contributed by atoms with Crippen molar-refractivity contribution in [2.75, 3.05) is 13.6 Å². The van der Waals surface area contributed by atoms with E-state index >= 15 is 0 Å². The van der Waals surface area contributed by atoms with Crippen LogP contribution in [0.1, 0.15) is 24.4 Å². The van der Waals surface area contributed by atoms with Crippen LogP contribution in [0.25, 0.3) is 0 Å². The molecule has 0 saturated carbocycles. The zero-order valence-electron chi connectivity index (χ0n) is 10.9. The Labute approximate surface area is 109 Å². The van der Waals surface area contributed by atoms with Crippen molar-refractivity contribution < 1.29 is 0 Å². The topological polar surface area (TPSA) is 16.1 Å². The maximum Gasteiger partial charge on any atom is 0.0360 e. The lowest BCUT2D eigenvalue weighted by Crippen LogP contribution is -2.17. The SMILES string of the molecule is CN1CCCC1c1cccnc1.c1ccccc1. The van der Waals surface area contributed by atoms with Crippen LogP contribution in [0.3, 0.4) is 0 Å². The van der Waals surface area contributed by atoms with Crippen LogP contribution in [0.5, 0.6) is 0 Å². The molecule has 0 N–H and O–H groups in total. The average molecular weight is 240 g/mol. The molecule has 0 amide bonds. The van der Waals surface area contributed by atoms with E-state index < -0.39 is 0 Å². The summed E-state index contributed by atoms with van der Waals surface area (Å²) in [6.07, 6.45) is 6.41. The Morgan fingerprint density at radius 3 is 2.17 bits per heavy atom. The molecule has 0 spiro atoms. The average Bonchev–Trinajstić information content (AvgIpc) is 2.89. The summed E-state index contributed by atoms with van der Waals surface area (Å²) < 4.78 is 0. The maximum atomic E-state index is 4.14. The van der Waals surface area contributed by atoms with E-state index in [2.05, 4.69) is 23.0 Å². The Kier molecular flexibility index (Phi) is 4.91. The Morgan fingerprint density at radius 2 is 1.72 bits per heavy atom. The molecule has 1 atom stereocenters. The number of nitrogens with zero attached hydrogens (tertiary/aromatic N) is 2. The van der Waals surface area contributed by atoms with Crippen LogP contribution < -0.4 is 0 Å². The molecule has 1 fully saturated rings. The minimum absolute atomic E-state index is 0.610. The normalized spacial score (nSPS) is 19.1. The second-order valence-corrected chi connectivity index (χ2v) is 4.58. The molecule has 2 nitrogen and oxygen atoms in total. The number of hydrogen-bond donors (Lipinski definition) is 0. The second-order valence-electron chi connectivity index (χ2n) is 4.58. The van der Waals surface area contributed by atoms with Crippen LogP contribution >= 0.6 is 0 Å². The summed E-state index contributed by atoms with van der Waals surface area (Å²) in [5.74, 6) is 0. The molecular formula is C16H20N2. The van der Waals surface area contributed by atoms with Crippen molar-refractivity contribution in [2.24, 2.45) is 0 Å². The fourth-order valence-corrected chi connectivity index (χ4v) is 2.29. The molecule has 18 heavy (non-hydrogen) atoms. The molecule has 1 aliphatic heterocycles. The number of benzene rings is 1. The highest BCUT2D eigenvalue weighted by Gasteiger charge is 2.21. The molecule has 0 bridgehead atoms. The van der Waals surface area contributed by atoms with Gasteiger partial charge in [-0.3, -0.25) is 9.88 Å². The van der Waals surface area contributed by atoms with E-state index in [0.717, 1.165) is 0 Å². The molecule has 0 aliphatic carbocycles. The number of likely N-dealkylation sites (tertiary alicyclic amines) is 1. The van der Waals surface area contributed by atoms with Crippen molar-refractivity contribution in [1.82, 2.24) is 9.88 Å². The van der Waals surface area contributed by atoms with E-state index in [4.69, 9.17) is 0 Å². The number of aromatic nitrogens is 1. The summed E-state index contributed by atoms with van der Waals surface area (Å²) in [4.78, 5) is 6.54. The summed E-state index contributed by atoms with van der Waals surface area (Å²) in [7, 11) is 2.19. The van der Waals surface area contributed by atoms with Crippen molar-refractivity contribution >= 4 is 0 Å². The standard InChI is InChI=1S/C10H14N2.C6H6/c1-12-7-3-5-10(12)9-4-2-6-11-8-9;1-2-4-6-5-3-1/h2,4,6,8,10H,3,5,7H2,1H3;1-6H. The predicted molar refractivity (Wildman–Crippen MR) is 75.3 cm³/mol. The number of rotatable bonds is 1. The Hall–Kier alpha value is -1.67. The Bertz CT molecular complexity index is 401. The lowest BCUT2D eigenvalue weighted by atomic mass is 10.1. The highest BCUT2D eigenvalue weighted by atomic mass is 15.1. The third kappa shape index (κ3) is 3.67. The molecule has 0 radical (unpaired) electrons. The van der Waals surface area contributed by atoms with Gasteiger partial charge in [-0.1, -0.05) is 42.5 Å². The van der Waals surface area contributed by atoms with E-state index in [9.17, 15) is 0 Å². The van der Waals surface area contributed by atoms with Gasteiger partial charge < -0.3 is 0 Å². The molecule has 2 heteroatoms. The van der Waals surface area contributed by atoms with Gasteiger partial charge in [-0.05, 0) is 38.1 Å². The Balaban J connectivity index is 0.000000169. The van der Waals surface area contributed by atoms with E-state index in [-0.39, 0.29) is 0 Å². The van der Waals surface area contributed by atoms with Crippen LogP contribution in [0.4, 0.5) is 0 Å². The molecule has 2 heterocycles. The molecule has 3 rings (SSSR count). The van der Waals surface area contributed by atoms with Crippen molar-refractivity contribution in [3.63, 3.8) is 0 Å². The molecule has 1 saturated heterocycles. The summed E-state index contributed by atoms with van der Waals surface area (Å²) >= 11 is 0. The van der Waals surface area contributed by atoms with Gasteiger partial charge in [0.1, 0.15) is 0 Å². The van der Waals surface area contributed by atoms with Crippen molar-refractivity contribution in [3.05, 3.63) is 66.5 Å². The first-order valence-corrected chi connectivity index (χ1v) is 6.48. The summed E-state index contributed by atoms with van der Waals surface area (Å²) in [6.45, 7) is 1.22. The van der Waals surface area contributed by atoms with Gasteiger partial charge in [-0.25, -0.2) is 0 Å². The van der Waals surface area contributed by atoms with Crippen molar-refractivity contribution in [3.8, 4) is 0 Å². The van der Waals surface area contributed by atoms with E-state index in [1.807, 2.05) is 54.9 Å². The molecule has 1 aromatic heterocycles. The van der Waals surface area contributed by atoms with Crippen LogP contribution in [-0.4, -0.2) is 23.5 Å². The third-order valence-electron chi connectivity index (χ3n) is 3.26. The second kappa shape index (κ2) is 6.92. The monoisotopic (exact) mass is 240 g/mol. The van der Waals surface area contributed by atoms with Gasteiger partial charge in [0.2, 0.25) is 0 Å². The molecule has 2 aromatic rings. The van der Waals surface area contributed by atoms with Crippen LogP contribution in [0, 0.1) is 0 Å². The summed E-state index contributed by atoms with van der Waals surface area (Å²) in [5.41, 5.74) is 1.36. The quantitative estimate of drug-likeness (QED) is 0.758. The molecule has 1 unspecified atom stereocenters. The van der Waals surface area contributed by atoms with Gasteiger partial charge in [-0.15, -0.1) is 0 Å². The van der Waals surface area contributed by atoms with Gasteiger partial charge in [0.15, 0.2) is 0 Å². The van der Waals surface area contributed by atoms with Gasteiger partial charge in [0.05, 0.1) is 0 Å². The number of hydrogen-bond acceptors (Lipinski definition) is 2. The first-order chi connectivity index (χ1) is 8.88. The van der Waals surface area contributed by atoms with Crippen LogP contribution in [0.2, 0.25) is 0 Å². The van der Waals surface area contributed by atoms with Crippen molar-refractivity contribution in [1.29, 1.82) is 0 Å². The smallest absolute Gasteiger partial charge is 0.0360 e. The summed E-state index contributed by atoms with van der Waals surface area (Å²) in [5, 5.41) is 0. The largest absolute Gasteiger partial charge is 0.299 e. The van der Waals surface area contributed by atoms with Gasteiger partial charge >= 0.3 is 0 Å². The highest BCUT2D eigenvalue weighted by Crippen LogP contribution is 2.29. The molecule has 1 aromatic carbocycles. The Morgan fingerprint density at radius 1 is 1.06 bits per heavy atom. The van der Waals surface area contributed by atoms with Crippen LogP contribution in [0.15, 0.2) is 60.9 Å². The van der Waals surface area contributed by atoms with Gasteiger partial charge in [0.25, 0.3) is 0 Å². The third-order valence-corrected chi connectivity index (χ3v) is 3.26. The first kappa shape index (κ1) is 12.8. The zero-order chi connectivity index (χ0) is 12.6. The minimum atomic E-state index is 0.610. The lowest BCUT2D eigenvalue weighted by Gasteiger charge is -2.18. The van der Waals surface area contributed by atoms with Crippen LogP contribution in [-0.2, 0) is 0 Å². The first-order valence-electron chi connectivity index (χ1n) is 6.48. The molecule has 1 aliphatic rings. The van der Waals surface area contributed by atoms with Crippen molar-refractivity contribution in [2.45, 2.75) is 18.9 Å². The minimum Gasteiger partial charge on any atom is -0.299 e. The predicted octanol–water partition coefficient (Wildman–Crippen LogP) is 3.53. The molecular weight excluding hydrogens is 220 g/mol. The summed E-state index contributed by atoms with van der Waals surface area (Å²) in [6, 6.07) is 16.8. The van der Waals surface area contributed by atoms with Gasteiger partial charge in [-0.2, -0.15) is 0 Å². The fourth-order valence-electron chi connectivity index (χ4n) is 2.29. The lowest BCUT2D eigenvalue weighted by molar-refractivity contribution is 0.317. The van der Waals surface area contributed by atoms with E-state index in [1.54, 1.807) is 0 Å². The fraction of sp³-hybridized carbons (Fsp3) is 0.312. The highest BCUT2D eigenvalue weighted by molar-refractivity contribution is 5.14. The van der Waals surface area contributed by atoms with E-state index in [0.29, 0.717) is 6.04 Å². The zero-order valence-corrected chi connectivity index (χ0v) is 10.9. The molecule has 94 valence electrons. The maximum absolute atomic E-state index is 4.14. The van der Waals surface area contributed by atoms with Gasteiger partial charge in [0, 0.05) is 18.4 Å². The number of pyridine rings is 1. The van der Waals surface area contributed by atoms with E-state index in [1.165, 1.54) is 24.9 Å².